The van der Waals surface area contributed by atoms with Crippen molar-refractivity contribution in [3.63, 3.8) is 0 Å². The summed E-state index contributed by atoms with van der Waals surface area (Å²) in [6.45, 7) is 4.23. The fraction of sp³-hybridized carbons (Fsp3) is 0.533. The molecule has 1 unspecified atom stereocenters. The SMILES string of the molecule is C#CC(CC)NC1CCN(c2ccccn2)CC1. The minimum absolute atomic E-state index is 0.219. The van der Waals surface area contributed by atoms with Crippen LogP contribution >= 0.6 is 0 Å². The first kappa shape index (κ1) is 12.9. The van der Waals surface area contributed by atoms with Crippen LogP contribution in [0.1, 0.15) is 26.2 Å². The number of aromatic nitrogens is 1. The van der Waals surface area contributed by atoms with E-state index in [2.05, 4.69) is 34.1 Å². The topological polar surface area (TPSA) is 28.2 Å². The van der Waals surface area contributed by atoms with Crippen LogP contribution in [-0.2, 0) is 0 Å². The van der Waals surface area contributed by atoms with Gasteiger partial charge in [0.25, 0.3) is 0 Å². The van der Waals surface area contributed by atoms with Crippen molar-refractivity contribution in [2.45, 2.75) is 38.3 Å². The molecule has 2 rings (SSSR count). The van der Waals surface area contributed by atoms with Crippen LogP contribution in [0.5, 0.6) is 0 Å². The van der Waals surface area contributed by atoms with Crippen molar-refractivity contribution in [2.75, 3.05) is 18.0 Å². The molecule has 1 fully saturated rings. The number of nitrogens with one attached hydrogen (secondary N) is 1. The molecule has 0 aliphatic carbocycles. The number of hydrogen-bond donors (Lipinski definition) is 1. The van der Waals surface area contributed by atoms with E-state index < -0.39 is 0 Å². The Labute approximate surface area is 110 Å². The van der Waals surface area contributed by atoms with Gasteiger partial charge in [-0.2, -0.15) is 0 Å². The number of terminal acetylenes is 1. The lowest BCUT2D eigenvalue weighted by molar-refractivity contribution is 0.390. The van der Waals surface area contributed by atoms with Crippen LogP contribution in [0.4, 0.5) is 5.82 Å². The van der Waals surface area contributed by atoms with Gasteiger partial charge in [-0.05, 0) is 31.4 Å². The number of pyridine rings is 1. The standard InChI is InChI=1S/C15H21N3/c1-3-13(4-2)17-14-8-11-18(12-9-14)15-7-5-6-10-16-15/h1,5-7,10,13-14,17H,4,8-9,11-12H2,2H3. The van der Waals surface area contributed by atoms with E-state index in [0.717, 1.165) is 38.2 Å². The highest BCUT2D eigenvalue weighted by atomic mass is 15.2. The van der Waals surface area contributed by atoms with Crippen LogP contribution in [0, 0.1) is 12.3 Å². The molecule has 1 atom stereocenters. The number of anilines is 1. The Morgan fingerprint density at radius 2 is 2.28 bits per heavy atom. The Balaban J connectivity index is 1.83. The van der Waals surface area contributed by atoms with E-state index in [9.17, 15) is 0 Å². The van der Waals surface area contributed by atoms with Gasteiger partial charge in [0.05, 0.1) is 6.04 Å². The molecule has 0 amide bonds. The third kappa shape index (κ3) is 3.24. The Morgan fingerprint density at radius 1 is 1.50 bits per heavy atom. The monoisotopic (exact) mass is 243 g/mol. The molecule has 1 aliphatic heterocycles. The van der Waals surface area contributed by atoms with Gasteiger partial charge < -0.3 is 10.2 Å². The molecule has 3 nitrogen and oxygen atoms in total. The van der Waals surface area contributed by atoms with E-state index in [-0.39, 0.29) is 6.04 Å². The van der Waals surface area contributed by atoms with E-state index >= 15 is 0 Å². The summed E-state index contributed by atoms with van der Waals surface area (Å²) < 4.78 is 0. The normalized spacial score (nSPS) is 18.3. The Morgan fingerprint density at radius 3 is 2.83 bits per heavy atom. The maximum atomic E-state index is 5.49. The van der Waals surface area contributed by atoms with E-state index in [1.54, 1.807) is 0 Å². The smallest absolute Gasteiger partial charge is 0.128 e. The maximum absolute atomic E-state index is 5.49. The average Bonchev–Trinajstić information content (AvgIpc) is 2.46. The van der Waals surface area contributed by atoms with E-state index in [1.807, 2.05) is 18.3 Å². The van der Waals surface area contributed by atoms with Crippen molar-refractivity contribution >= 4 is 5.82 Å². The molecule has 1 aromatic heterocycles. The lowest BCUT2D eigenvalue weighted by Gasteiger charge is -2.34. The number of piperidine rings is 1. The van der Waals surface area contributed by atoms with Gasteiger partial charge in [-0.15, -0.1) is 6.42 Å². The second-order valence-corrected chi connectivity index (χ2v) is 4.74. The minimum Gasteiger partial charge on any atom is -0.357 e. The van der Waals surface area contributed by atoms with Crippen molar-refractivity contribution in [3.05, 3.63) is 24.4 Å². The zero-order valence-electron chi connectivity index (χ0n) is 11.0. The fourth-order valence-electron chi connectivity index (χ4n) is 2.38. The van der Waals surface area contributed by atoms with E-state index in [4.69, 9.17) is 6.42 Å². The summed E-state index contributed by atoms with van der Waals surface area (Å²) in [5.74, 6) is 3.89. The first-order valence-electron chi connectivity index (χ1n) is 6.71. The second kappa shape index (κ2) is 6.42. The first-order chi connectivity index (χ1) is 8.83. The third-order valence-electron chi connectivity index (χ3n) is 3.51. The van der Waals surface area contributed by atoms with Gasteiger partial charge in [0.2, 0.25) is 0 Å². The Hall–Kier alpha value is -1.53. The predicted octanol–water partition coefficient (Wildman–Crippen LogP) is 2.05. The molecule has 0 aromatic carbocycles. The van der Waals surface area contributed by atoms with Crippen LogP contribution in [0.25, 0.3) is 0 Å². The molecule has 1 aromatic rings. The van der Waals surface area contributed by atoms with Gasteiger partial charge in [-0.1, -0.05) is 18.9 Å². The van der Waals surface area contributed by atoms with Crippen molar-refractivity contribution in [2.24, 2.45) is 0 Å². The molecule has 0 radical (unpaired) electrons. The highest BCUT2D eigenvalue weighted by Crippen LogP contribution is 2.17. The van der Waals surface area contributed by atoms with Crippen molar-refractivity contribution in [1.29, 1.82) is 0 Å². The van der Waals surface area contributed by atoms with Gasteiger partial charge in [0.1, 0.15) is 5.82 Å². The summed E-state index contributed by atoms with van der Waals surface area (Å²) in [5.41, 5.74) is 0. The molecule has 3 heteroatoms. The average molecular weight is 243 g/mol. The van der Waals surface area contributed by atoms with Gasteiger partial charge in [-0.25, -0.2) is 4.98 Å². The van der Waals surface area contributed by atoms with Crippen molar-refractivity contribution in [3.8, 4) is 12.3 Å². The van der Waals surface area contributed by atoms with Crippen LogP contribution in [0.2, 0.25) is 0 Å². The molecular formula is C15H21N3. The minimum atomic E-state index is 0.219. The lowest BCUT2D eigenvalue weighted by Crippen LogP contribution is -2.46. The number of rotatable bonds is 4. The Bertz CT molecular complexity index is 388. The lowest BCUT2D eigenvalue weighted by atomic mass is 10.0. The predicted molar refractivity (Wildman–Crippen MR) is 75.5 cm³/mol. The quantitative estimate of drug-likeness (QED) is 0.820. The van der Waals surface area contributed by atoms with Gasteiger partial charge in [-0.3, -0.25) is 0 Å². The molecule has 1 N–H and O–H groups in total. The fourth-order valence-corrected chi connectivity index (χ4v) is 2.38. The summed E-state index contributed by atoms with van der Waals surface area (Å²) in [5, 5.41) is 3.54. The highest BCUT2D eigenvalue weighted by molar-refractivity contribution is 5.38. The largest absolute Gasteiger partial charge is 0.357 e. The van der Waals surface area contributed by atoms with Crippen LogP contribution in [-0.4, -0.2) is 30.2 Å². The summed E-state index contributed by atoms with van der Waals surface area (Å²) in [6.07, 6.45) is 10.6. The molecule has 0 spiro atoms. The van der Waals surface area contributed by atoms with E-state index in [0.29, 0.717) is 6.04 Å². The van der Waals surface area contributed by atoms with Crippen LogP contribution in [0.3, 0.4) is 0 Å². The highest BCUT2D eigenvalue weighted by Gasteiger charge is 2.21. The number of hydrogen-bond acceptors (Lipinski definition) is 3. The summed E-state index contributed by atoms with van der Waals surface area (Å²) in [7, 11) is 0. The molecule has 18 heavy (non-hydrogen) atoms. The van der Waals surface area contributed by atoms with E-state index in [1.165, 1.54) is 0 Å². The van der Waals surface area contributed by atoms with Crippen molar-refractivity contribution in [1.82, 2.24) is 10.3 Å². The van der Waals surface area contributed by atoms with Gasteiger partial charge >= 0.3 is 0 Å². The summed E-state index contributed by atoms with van der Waals surface area (Å²) in [4.78, 5) is 6.74. The first-order valence-corrected chi connectivity index (χ1v) is 6.71. The summed E-state index contributed by atoms with van der Waals surface area (Å²) in [6, 6.07) is 6.83. The maximum Gasteiger partial charge on any atom is 0.128 e. The van der Waals surface area contributed by atoms with Gasteiger partial charge in [0, 0.05) is 25.3 Å². The second-order valence-electron chi connectivity index (χ2n) is 4.74. The molecule has 1 aliphatic rings. The molecule has 2 heterocycles. The molecule has 0 bridgehead atoms. The zero-order chi connectivity index (χ0) is 12.8. The zero-order valence-corrected chi connectivity index (χ0v) is 11.0. The number of nitrogens with zero attached hydrogens (tertiary/aromatic N) is 2. The molecule has 96 valence electrons. The van der Waals surface area contributed by atoms with Gasteiger partial charge in [0.15, 0.2) is 0 Å². The third-order valence-corrected chi connectivity index (χ3v) is 3.51. The summed E-state index contributed by atoms with van der Waals surface area (Å²) >= 11 is 0. The van der Waals surface area contributed by atoms with Crippen LogP contribution in [0.15, 0.2) is 24.4 Å². The molecular weight excluding hydrogens is 222 g/mol. The van der Waals surface area contributed by atoms with Crippen LogP contribution < -0.4 is 10.2 Å². The molecule has 0 saturated carbocycles. The Kier molecular flexibility index (Phi) is 4.60. The molecule has 1 saturated heterocycles. The van der Waals surface area contributed by atoms with Crippen molar-refractivity contribution < 1.29 is 0 Å².